The zero-order valence-corrected chi connectivity index (χ0v) is 10.9. The highest BCUT2D eigenvalue weighted by molar-refractivity contribution is 6.79. The van der Waals surface area contributed by atoms with Gasteiger partial charge in [-0.25, -0.2) is 0 Å². The van der Waals surface area contributed by atoms with Gasteiger partial charge >= 0.3 is 0 Å². The number of hydrogen-bond acceptors (Lipinski definition) is 1. The molecule has 0 saturated heterocycles. The second-order valence-electron chi connectivity index (χ2n) is 4.18. The summed E-state index contributed by atoms with van der Waals surface area (Å²) < 4.78 is 5.43. The molecule has 0 unspecified atom stereocenters. The largest absolute Gasteiger partial charge is 0.388 e. The monoisotopic (exact) mass is 202 g/mol. The van der Waals surface area contributed by atoms with Crippen molar-refractivity contribution in [1.29, 1.82) is 0 Å². The zero-order valence-electron chi connectivity index (χ0n) is 9.86. The second kappa shape index (κ2) is 7.57. The van der Waals surface area contributed by atoms with Gasteiger partial charge in [0.25, 0.3) is 0 Å². The molecule has 0 aliphatic carbocycles. The van der Waals surface area contributed by atoms with E-state index in [1.54, 1.807) is 0 Å². The number of ether oxygens (including phenoxy) is 1. The van der Waals surface area contributed by atoms with Crippen LogP contribution in [0.2, 0.25) is 18.1 Å². The molecule has 2 heteroatoms. The Morgan fingerprint density at radius 2 is 1.23 bits per heavy atom. The minimum atomic E-state index is -1.02. The van der Waals surface area contributed by atoms with Gasteiger partial charge in [0.1, 0.15) is 0 Å². The SMILES string of the molecule is CCC[Si](CCC)(CCC)COC. The zero-order chi connectivity index (χ0) is 10.2. The summed E-state index contributed by atoms with van der Waals surface area (Å²) in [4.78, 5) is 0. The van der Waals surface area contributed by atoms with Crippen molar-refractivity contribution in [3.05, 3.63) is 0 Å². The molecular formula is C11H26OSi. The van der Waals surface area contributed by atoms with Crippen molar-refractivity contribution >= 4 is 8.07 Å². The first kappa shape index (κ1) is 13.2. The summed E-state index contributed by atoms with van der Waals surface area (Å²) in [5, 5.41) is 0. The van der Waals surface area contributed by atoms with Gasteiger partial charge in [0.05, 0.1) is 8.07 Å². The Hall–Kier alpha value is 0.177. The molecule has 0 atom stereocenters. The van der Waals surface area contributed by atoms with Gasteiger partial charge in [-0.3, -0.25) is 0 Å². The van der Waals surface area contributed by atoms with Crippen molar-refractivity contribution in [3.63, 3.8) is 0 Å². The van der Waals surface area contributed by atoms with E-state index in [9.17, 15) is 0 Å². The van der Waals surface area contributed by atoms with Crippen LogP contribution in [0.15, 0.2) is 0 Å². The predicted molar refractivity (Wildman–Crippen MR) is 62.9 cm³/mol. The number of hydrogen-bond donors (Lipinski definition) is 0. The minimum Gasteiger partial charge on any atom is -0.388 e. The van der Waals surface area contributed by atoms with E-state index in [0.29, 0.717) is 0 Å². The van der Waals surface area contributed by atoms with Crippen molar-refractivity contribution in [2.45, 2.75) is 58.2 Å². The van der Waals surface area contributed by atoms with Crippen LogP contribution in [0.1, 0.15) is 40.0 Å². The quantitative estimate of drug-likeness (QED) is 0.543. The van der Waals surface area contributed by atoms with Crippen LogP contribution >= 0.6 is 0 Å². The summed E-state index contributed by atoms with van der Waals surface area (Å²) >= 11 is 0. The molecule has 0 saturated carbocycles. The van der Waals surface area contributed by atoms with Crippen molar-refractivity contribution in [2.75, 3.05) is 13.3 Å². The standard InChI is InChI=1S/C11H26OSi/c1-5-8-13(9-6-2,10-7-3)11-12-4/h5-11H2,1-4H3. The highest BCUT2D eigenvalue weighted by Crippen LogP contribution is 2.26. The van der Waals surface area contributed by atoms with Crippen LogP contribution in [0.5, 0.6) is 0 Å². The molecule has 0 amide bonds. The van der Waals surface area contributed by atoms with Gasteiger partial charge in [0, 0.05) is 13.3 Å². The third-order valence-corrected chi connectivity index (χ3v) is 8.37. The van der Waals surface area contributed by atoms with E-state index in [1.165, 1.54) is 37.4 Å². The molecule has 0 fully saturated rings. The van der Waals surface area contributed by atoms with E-state index in [0.717, 1.165) is 6.23 Å². The van der Waals surface area contributed by atoms with Crippen LogP contribution < -0.4 is 0 Å². The third kappa shape index (κ3) is 4.82. The average molecular weight is 202 g/mol. The molecule has 0 aromatic carbocycles. The van der Waals surface area contributed by atoms with Gasteiger partial charge in [-0.15, -0.1) is 0 Å². The molecular weight excluding hydrogens is 176 g/mol. The molecule has 80 valence electrons. The maximum atomic E-state index is 5.43. The van der Waals surface area contributed by atoms with E-state index < -0.39 is 8.07 Å². The Morgan fingerprint density at radius 1 is 0.846 bits per heavy atom. The van der Waals surface area contributed by atoms with Crippen LogP contribution in [0.25, 0.3) is 0 Å². The van der Waals surface area contributed by atoms with Crippen molar-refractivity contribution in [3.8, 4) is 0 Å². The first-order chi connectivity index (χ1) is 6.24. The lowest BCUT2D eigenvalue weighted by Gasteiger charge is -2.30. The molecule has 0 aliphatic heterocycles. The van der Waals surface area contributed by atoms with E-state index in [-0.39, 0.29) is 0 Å². The van der Waals surface area contributed by atoms with Crippen LogP contribution in [0.4, 0.5) is 0 Å². The molecule has 0 aromatic rings. The van der Waals surface area contributed by atoms with Crippen LogP contribution in [-0.4, -0.2) is 21.4 Å². The molecule has 0 heterocycles. The fourth-order valence-corrected chi connectivity index (χ4v) is 7.47. The fraction of sp³-hybridized carbons (Fsp3) is 1.00. The van der Waals surface area contributed by atoms with Gasteiger partial charge in [-0.1, -0.05) is 58.2 Å². The van der Waals surface area contributed by atoms with Gasteiger partial charge in [0.2, 0.25) is 0 Å². The Balaban J connectivity index is 4.19. The highest BCUT2D eigenvalue weighted by Gasteiger charge is 2.29. The summed E-state index contributed by atoms with van der Waals surface area (Å²) in [5.41, 5.74) is 0. The molecule has 0 rings (SSSR count). The smallest absolute Gasteiger partial charge is 0.0836 e. The Morgan fingerprint density at radius 3 is 1.46 bits per heavy atom. The average Bonchev–Trinajstić information content (AvgIpc) is 2.06. The van der Waals surface area contributed by atoms with Crippen molar-refractivity contribution in [1.82, 2.24) is 0 Å². The summed E-state index contributed by atoms with van der Waals surface area (Å²) in [6.07, 6.45) is 5.11. The maximum Gasteiger partial charge on any atom is 0.0836 e. The Bertz CT molecular complexity index is 85.1. The molecule has 13 heavy (non-hydrogen) atoms. The van der Waals surface area contributed by atoms with E-state index in [1.807, 2.05) is 7.11 Å². The lowest BCUT2D eigenvalue weighted by atomic mass is 10.5. The Kier molecular flexibility index (Phi) is 7.67. The van der Waals surface area contributed by atoms with Crippen LogP contribution in [0.3, 0.4) is 0 Å². The first-order valence-corrected chi connectivity index (χ1v) is 8.56. The number of methoxy groups -OCH3 is 1. The molecule has 0 bridgehead atoms. The molecule has 0 aromatic heterocycles. The van der Waals surface area contributed by atoms with Crippen LogP contribution in [0, 0.1) is 0 Å². The third-order valence-electron chi connectivity index (χ3n) is 2.79. The second-order valence-corrected chi connectivity index (χ2v) is 8.97. The number of rotatable bonds is 8. The van der Waals surface area contributed by atoms with Gasteiger partial charge in [-0.05, 0) is 0 Å². The van der Waals surface area contributed by atoms with Crippen molar-refractivity contribution < 1.29 is 4.74 Å². The fourth-order valence-electron chi connectivity index (χ4n) is 2.49. The van der Waals surface area contributed by atoms with Crippen molar-refractivity contribution in [2.24, 2.45) is 0 Å². The molecule has 0 aliphatic rings. The lowest BCUT2D eigenvalue weighted by molar-refractivity contribution is 0.244. The molecule has 1 nitrogen and oxygen atoms in total. The van der Waals surface area contributed by atoms with Gasteiger partial charge < -0.3 is 4.74 Å². The summed E-state index contributed by atoms with van der Waals surface area (Å²) in [6, 6.07) is 4.38. The Labute approximate surface area is 84.9 Å². The van der Waals surface area contributed by atoms with E-state index >= 15 is 0 Å². The molecule has 0 radical (unpaired) electrons. The first-order valence-electron chi connectivity index (χ1n) is 5.73. The molecule has 0 spiro atoms. The highest BCUT2D eigenvalue weighted by atomic mass is 28.3. The maximum absolute atomic E-state index is 5.43. The minimum absolute atomic E-state index is 1.02. The van der Waals surface area contributed by atoms with Gasteiger partial charge in [0.15, 0.2) is 0 Å². The summed E-state index contributed by atoms with van der Waals surface area (Å²) in [6.45, 7) is 6.92. The topological polar surface area (TPSA) is 9.23 Å². The summed E-state index contributed by atoms with van der Waals surface area (Å²) in [7, 11) is 0.846. The van der Waals surface area contributed by atoms with E-state index in [2.05, 4.69) is 20.8 Å². The summed E-state index contributed by atoms with van der Waals surface area (Å²) in [5.74, 6) is 0. The predicted octanol–water partition coefficient (Wildman–Crippen LogP) is 3.85. The molecule has 0 N–H and O–H groups in total. The van der Waals surface area contributed by atoms with E-state index in [4.69, 9.17) is 4.74 Å². The normalized spacial score (nSPS) is 12.0. The lowest BCUT2D eigenvalue weighted by Crippen LogP contribution is -2.39. The van der Waals surface area contributed by atoms with Crippen LogP contribution in [-0.2, 0) is 4.74 Å². The van der Waals surface area contributed by atoms with Gasteiger partial charge in [-0.2, -0.15) is 0 Å².